The number of nitrogens with zero attached hydrogens (tertiary/aromatic N) is 1. The highest BCUT2D eigenvalue weighted by Gasteiger charge is 2.26. The third-order valence-electron chi connectivity index (χ3n) is 1.03. The second-order valence-electron chi connectivity index (χ2n) is 1.70. The van der Waals surface area contributed by atoms with Gasteiger partial charge >= 0.3 is 0 Å². The normalized spacial score (nSPS) is 16.5. The maximum absolute atomic E-state index is 10.2. The zero-order chi connectivity index (χ0) is 8.85. The molecule has 1 heterocycles. The van der Waals surface area contributed by atoms with Gasteiger partial charge in [0.2, 0.25) is 0 Å². The summed E-state index contributed by atoms with van der Waals surface area (Å²) in [5.74, 6) is -1.01. The molecule has 0 bridgehead atoms. The van der Waals surface area contributed by atoms with E-state index in [1.807, 2.05) is 0 Å². The molecule has 1 aliphatic rings. The lowest BCUT2D eigenvalue weighted by Gasteiger charge is -1.98. The molecule has 64 valence electrons. The van der Waals surface area contributed by atoms with Crippen LogP contribution in [-0.2, 0) is 9.59 Å². The first-order valence-electron chi connectivity index (χ1n) is 2.80. The van der Waals surface area contributed by atoms with E-state index in [4.69, 9.17) is 28.4 Å². The first kappa shape index (κ1) is 10.7. The van der Waals surface area contributed by atoms with Crippen molar-refractivity contribution in [3.63, 3.8) is 0 Å². The zero-order valence-electron chi connectivity index (χ0n) is 5.59. The molecule has 4 nitrogen and oxygen atoms in total. The van der Waals surface area contributed by atoms with E-state index in [0.29, 0.717) is 0 Å². The summed E-state index contributed by atoms with van der Waals surface area (Å²) in [5.41, 5.74) is 0. The minimum Gasteiger partial charge on any atom is -0.279 e. The third kappa shape index (κ3) is 3.55. The van der Waals surface area contributed by atoms with Crippen molar-refractivity contribution < 1.29 is 14.8 Å². The van der Waals surface area contributed by atoms with E-state index < -0.39 is 11.8 Å². The van der Waals surface area contributed by atoms with Crippen molar-refractivity contribution in [1.82, 2.24) is 5.06 Å². The Bertz CT molecular complexity index is 146. The van der Waals surface area contributed by atoms with Crippen LogP contribution in [0.5, 0.6) is 0 Å². The first-order chi connectivity index (χ1) is 5.13. The van der Waals surface area contributed by atoms with Gasteiger partial charge in [-0.05, 0) is 0 Å². The van der Waals surface area contributed by atoms with Crippen LogP contribution < -0.4 is 0 Å². The Labute approximate surface area is 73.6 Å². The maximum Gasteiger partial charge on any atom is 0.253 e. The number of halogens is 2. The molecule has 0 radical (unpaired) electrons. The largest absolute Gasteiger partial charge is 0.279 e. The maximum atomic E-state index is 10.2. The van der Waals surface area contributed by atoms with Crippen molar-refractivity contribution in [1.29, 1.82) is 0 Å². The van der Waals surface area contributed by atoms with Crippen LogP contribution in [0.1, 0.15) is 12.8 Å². The number of hydrogen-bond acceptors (Lipinski definition) is 3. The van der Waals surface area contributed by atoms with Gasteiger partial charge in [-0.15, -0.1) is 23.2 Å². The van der Waals surface area contributed by atoms with Crippen molar-refractivity contribution in [2.24, 2.45) is 0 Å². The van der Waals surface area contributed by atoms with Crippen molar-refractivity contribution >= 4 is 35.0 Å². The Balaban J connectivity index is 0.000000292. The van der Waals surface area contributed by atoms with Crippen LogP contribution in [0.25, 0.3) is 0 Å². The Kier molecular flexibility index (Phi) is 5.19. The van der Waals surface area contributed by atoms with E-state index in [2.05, 4.69) is 0 Å². The molecule has 0 saturated carbocycles. The summed E-state index contributed by atoms with van der Waals surface area (Å²) in [7, 11) is 0. The Hall–Kier alpha value is -0.320. The number of hydroxylamine groups is 2. The van der Waals surface area contributed by atoms with Crippen molar-refractivity contribution in [3.05, 3.63) is 0 Å². The number of carbonyl (C=O) groups is 2. The molecule has 1 fully saturated rings. The molecule has 1 rings (SSSR count). The predicted molar refractivity (Wildman–Crippen MR) is 39.4 cm³/mol. The number of imide groups is 1. The molecule has 0 atom stereocenters. The van der Waals surface area contributed by atoms with E-state index in [1.54, 1.807) is 0 Å². The van der Waals surface area contributed by atoms with Gasteiger partial charge in [-0.1, -0.05) is 0 Å². The highest BCUT2D eigenvalue weighted by Crippen LogP contribution is 2.06. The predicted octanol–water partition coefficient (Wildman–Crippen LogP) is 0.946. The minimum atomic E-state index is -0.505. The average molecular weight is 200 g/mol. The fourth-order valence-electron chi connectivity index (χ4n) is 0.565. The standard InChI is InChI=1S/C4H5NO3.CH2Cl2/c6-3-1-2-4(7)5(3)8;2-1-3/h8H,1-2H2;1H2. The van der Waals surface area contributed by atoms with Crippen molar-refractivity contribution in [2.75, 3.05) is 5.34 Å². The highest BCUT2D eigenvalue weighted by atomic mass is 35.5. The topological polar surface area (TPSA) is 57.6 Å². The van der Waals surface area contributed by atoms with Crippen molar-refractivity contribution in [3.8, 4) is 0 Å². The Morgan fingerprint density at radius 1 is 1.27 bits per heavy atom. The van der Waals surface area contributed by atoms with Gasteiger partial charge in [-0.3, -0.25) is 14.8 Å². The number of alkyl halides is 2. The molecule has 0 unspecified atom stereocenters. The second-order valence-corrected chi connectivity index (χ2v) is 2.51. The number of rotatable bonds is 0. The van der Waals surface area contributed by atoms with Crippen LogP contribution >= 0.6 is 23.2 Å². The van der Waals surface area contributed by atoms with E-state index in [9.17, 15) is 9.59 Å². The fourth-order valence-corrected chi connectivity index (χ4v) is 0.565. The zero-order valence-corrected chi connectivity index (χ0v) is 7.10. The summed E-state index contributed by atoms with van der Waals surface area (Å²) in [6.45, 7) is 0. The van der Waals surface area contributed by atoms with Gasteiger partial charge in [-0.25, -0.2) is 0 Å². The molecule has 6 heteroatoms. The van der Waals surface area contributed by atoms with Gasteiger partial charge < -0.3 is 0 Å². The van der Waals surface area contributed by atoms with Crippen LogP contribution in [0.15, 0.2) is 0 Å². The number of amides is 2. The lowest BCUT2D eigenvalue weighted by atomic mass is 10.4. The molecule has 1 aliphatic heterocycles. The summed E-state index contributed by atoms with van der Waals surface area (Å²) in [5, 5.41) is 8.76. The van der Waals surface area contributed by atoms with Crippen LogP contribution in [0.3, 0.4) is 0 Å². The highest BCUT2D eigenvalue weighted by molar-refractivity contribution is 6.40. The monoisotopic (exact) mass is 199 g/mol. The van der Waals surface area contributed by atoms with Crippen molar-refractivity contribution in [2.45, 2.75) is 12.8 Å². The van der Waals surface area contributed by atoms with E-state index in [1.165, 1.54) is 0 Å². The second kappa shape index (κ2) is 5.35. The van der Waals surface area contributed by atoms with Gasteiger partial charge in [-0.2, -0.15) is 5.06 Å². The minimum absolute atomic E-state index is 0.148. The summed E-state index contributed by atoms with van der Waals surface area (Å²) < 4.78 is 0. The Morgan fingerprint density at radius 3 is 1.64 bits per heavy atom. The van der Waals surface area contributed by atoms with E-state index >= 15 is 0 Å². The van der Waals surface area contributed by atoms with Gasteiger partial charge in [0, 0.05) is 12.8 Å². The summed E-state index contributed by atoms with van der Waals surface area (Å²) >= 11 is 9.53. The fraction of sp³-hybridized carbons (Fsp3) is 0.600. The SMILES string of the molecule is ClCCl.O=C1CCC(=O)N1O. The molecule has 1 N–H and O–H groups in total. The third-order valence-corrected chi connectivity index (χ3v) is 1.03. The lowest BCUT2D eigenvalue weighted by Crippen LogP contribution is -2.24. The summed E-state index contributed by atoms with van der Waals surface area (Å²) in [6.07, 6.45) is 0.296. The summed E-state index contributed by atoms with van der Waals surface area (Å²) in [4.78, 5) is 20.5. The van der Waals surface area contributed by atoms with Gasteiger partial charge in [0.1, 0.15) is 0 Å². The summed E-state index contributed by atoms with van der Waals surface area (Å²) in [6, 6.07) is 0. The quantitative estimate of drug-likeness (QED) is 0.359. The Morgan fingerprint density at radius 2 is 1.55 bits per heavy atom. The molecule has 0 aromatic heterocycles. The molecule has 11 heavy (non-hydrogen) atoms. The lowest BCUT2D eigenvalue weighted by molar-refractivity contribution is -0.171. The van der Waals surface area contributed by atoms with Gasteiger partial charge in [0.25, 0.3) is 11.8 Å². The van der Waals surface area contributed by atoms with Gasteiger partial charge in [0.05, 0.1) is 5.34 Å². The number of carbonyl (C=O) groups excluding carboxylic acids is 2. The van der Waals surface area contributed by atoms with E-state index in [-0.39, 0.29) is 23.2 Å². The number of hydrogen-bond donors (Lipinski definition) is 1. The average Bonchev–Trinajstić information content (AvgIpc) is 2.22. The first-order valence-corrected chi connectivity index (χ1v) is 3.87. The van der Waals surface area contributed by atoms with E-state index in [0.717, 1.165) is 0 Å². The molecule has 0 aliphatic carbocycles. The molecule has 0 spiro atoms. The molecular formula is C5H7Cl2NO3. The van der Waals surface area contributed by atoms with Crippen LogP contribution in [0.2, 0.25) is 0 Å². The molecule has 0 aromatic carbocycles. The smallest absolute Gasteiger partial charge is 0.253 e. The van der Waals surface area contributed by atoms with Gasteiger partial charge in [0.15, 0.2) is 0 Å². The van der Waals surface area contributed by atoms with Crippen LogP contribution in [0.4, 0.5) is 0 Å². The van der Waals surface area contributed by atoms with Crippen LogP contribution in [-0.4, -0.2) is 27.4 Å². The molecule has 1 saturated heterocycles. The molecule has 0 aromatic rings. The molecule has 2 amide bonds. The molecular weight excluding hydrogens is 193 g/mol. The van der Waals surface area contributed by atoms with Crippen LogP contribution in [0, 0.1) is 0 Å².